The summed E-state index contributed by atoms with van der Waals surface area (Å²) in [6.07, 6.45) is 4.79. The van der Waals surface area contributed by atoms with E-state index < -0.39 is 6.10 Å². The number of fused-ring (bicyclic) bond motifs is 1. The first kappa shape index (κ1) is 18.4. The molecule has 0 unspecified atom stereocenters. The van der Waals surface area contributed by atoms with Crippen LogP contribution in [0.1, 0.15) is 50.8 Å². The van der Waals surface area contributed by atoms with Crippen LogP contribution in [0.15, 0.2) is 28.7 Å². The molecule has 1 aromatic heterocycles. The molecule has 27 heavy (non-hydrogen) atoms. The van der Waals surface area contributed by atoms with E-state index in [2.05, 4.69) is 4.98 Å². The summed E-state index contributed by atoms with van der Waals surface area (Å²) in [5, 5.41) is 0. The van der Waals surface area contributed by atoms with Gasteiger partial charge in [0.1, 0.15) is 11.6 Å². The van der Waals surface area contributed by atoms with Crippen LogP contribution >= 0.6 is 0 Å². The van der Waals surface area contributed by atoms with Crippen molar-refractivity contribution < 1.29 is 18.7 Å². The molecule has 146 valence electrons. The lowest BCUT2D eigenvalue weighted by Gasteiger charge is -2.32. The molecule has 2 aromatic rings. The van der Waals surface area contributed by atoms with Crippen molar-refractivity contribution >= 4 is 17.0 Å². The number of piperidine rings is 1. The van der Waals surface area contributed by atoms with E-state index in [0.29, 0.717) is 6.61 Å². The smallest absolute Gasteiger partial charge is 0.251 e. The summed E-state index contributed by atoms with van der Waals surface area (Å²) >= 11 is 0. The molecule has 0 N–H and O–H groups in total. The first-order valence-electron chi connectivity index (χ1n) is 10.1. The third-order valence-corrected chi connectivity index (χ3v) is 5.62. The van der Waals surface area contributed by atoms with Crippen LogP contribution in [-0.4, -0.2) is 54.3 Å². The number of amides is 1. The van der Waals surface area contributed by atoms with Gasteiger partial charge in [-0.25, -0.2) is 4.98 Å². The number of hydrogen-bond donors (Lipinski definition) is 0. The average molecular weight is 372 g/mol. The van der Waals surface area contributed by atoms with E-state index in [4.69, 9.17) is 13.9 Å². The topological polar surface area (TPSA) is 64.8 Å². The van der Waals surface area contributed by atoms with E-state index in [9.17, 15) is 4.79 Å². The van der Waals surface area contributed by atoms with Crippen molar-refractivity contribution in [2.45, 2.75) is 57.2 Å². The normalized spacial score (nSPS) is 22.9. The number of hydrogen-bond acceptors (Lipinski definition) is 5. The Balaban J connectivity index is 1.27. The fourth-order valence-electron chi connectivity index (χ4n) is 3.93. The van der Waals surface area contributed by atoms with Gasteiger partial charge in [0.2, 0.25) is 0 Å². The molecule has 1 amide bonds. The van der Waals surface area contributed by atoms with Crippen LogP contribution in [0.25, 0.3) is 11.1 Å². The number of nitrogens with zero attached hydrogens (tertiary/aromatic N) is 2. The van der Waals surface area contributed by atoms with Crippen LogP contribution in [0.4, 0.5) is 0 Å². The number of ether oxygens (including phenoxy) is 2. The second-order valence-corrected chi connectivity index (χ2v) is 7.58. The molecular formula is C21H28N2O4. The summed E-state index contributed by atoms with van der Waals surface area (Å²) in [7, 11) is 0. The maximum atomic E-state index is 12.7. The summed E-state index contributed by atoms with van der Waals surface area (Å²) in [6.45, 7) is 4.59. The zero-order valence-corrected chi connectivity index (χ0v) is 15.9. The highest BCUT2D eigenvalue weighted by Crippen LogP contribution is 2.30. The Morgan fingerprint density at radius 1 is 1.26 bits per heavy atom. The maximum Gasteiger partial charge on any atom is 0.251 e. The fourth-order valence-corrected chi connectivity index (χ4v) is 3.93. The third kappa shape index (κ3) is 4.33. The van der Waals surface area contributed by atoms with E-state index in [0.717, 1.165) is 62.4 Å². The minimum absolute atomic E-state index is 0.0711. The Bertz CT molecular complexity index is 727. The van der Waals surface area contributed by atoms with Crippen molar-refractivity contribution in [1.82, 2.24) is 9.88 Å². The van der Waals surface area contributed by atoms with Gasteiger partial charge in [-0.15, -0.1) is 0 Å². The third-order valence-electron chi connectivity index (χ3n) is 5.62. The van der Waals surface area contributed by atoms with Gasteiger partial charge < -0.3 is 18.8 Å². The molecule has 0 saturated carbocycles. The Morgan fingerprint density at radius 2 is 2.07 bits per heavy atom. The average Bonchev–Trinajstić information content (AvgIpc) is 3.16. The second kappa shape index (κ2) is 8.40. The molecule has 6 nitrogen and oxygen atoms in total. The molecule has 2 saturated heterocycles. The highest BCUT2D eigenvalue weighted by molar-refractivity contribution is 5.80. The number of oxazole rings is 1. The highest BCUT2D eigenvalue weighted by Gasteiger charge is 2.30. The molecule has 2 atom stereocenters. The molecular weight excluding hydrogens is 344 g/mol. The lowest BCUT2D eigenvalue weighted by Crippen LogP contribution is -2.44. The van der Waals surface area contributed by atoms with Gasteiger partial charge in [0.25, 0.3) is 5.91 Å². The predicted octanol–water partition coefficient (Wildman–Crippen LogP) is 3.51. The van der Waals surface area contributed by atoms with Crippen LogP contribution in [0.2, 0.25) is 0 Å². The summed E-state index contributed by atoms with van der Waals surface area (Å²) in [6, 6.07) is 7.84. The van der Waals surface area contributed by atoms with Gasteiger partial charge in [-0.3, -0.25) is 4.79 Å². The van der Waals surface area contributed by atoms with E-state index in [1.807, 2.05) is 36.1 Å². The number of para-hydroxylation sites is 2. The molecule has 2 aliphatic heterocycles. The van der Waals surface area contributed by atoms with E-state index in [1.165, 1.54) is 6.42 Å². The van der Waals surface area contributed by atoms with Gasteiger partial charge in [0.15, 0.2) is 11.5 Å². The molecule has 2 aliphatic rings. The van der Waals surface area contributed by atoms with Crippen LogP contribution in [0, 0.1) is 0 Å². The van der Waals surface area contributed by atoms with Crippen molar-refractivity contribution in [1.29, 1.82) is 0 Å². The van der Waals surface area contributed by atoms with Gasteiger partial charge in [0, 0.05) is 25.6 Å². The van der Waals surface area contributed by atoms with Gasteiger partial charge in [0.05, 0.1) is 12.7 Å². The minimum Gasteiger partial charge on any atom is -0.440 e. The van der Waals surface area contributed by atoms with E-state index in [1.54, 1.807) is 0 Å². The number of likely N-dealkylation sites (tertiary alicyclic amines) is 1. The summed E-state index contributed by atoms with van der Waals surface area (Å²) < 4.78 is 17.4. The van der Waals surface area contributed by atoms with Crippen molar-refractivity contribution in [3.05, 3.63) is 30.2 Å². The molecule has 6 heteroatoms. The van der Waals surface area contributed by atoms with Gasteiger partial charge in [-0.2, -0.15) is 0 Å². The summed E-state index contributed by atoms with van der Waals surface area (Å²) in [5.41, 5.74) is 1.73. The van der Waals surface area contributed by atoms with Crippen LogP contribution in [0.5, 0.6) is 0 Å². The van der Waals surface area contributed by atoms with Crippen LogP contribution < -0.4 is 0 Å². The molecule has 0 bridgehead atoms. The zero-order valence-electron chi connectivity index (χ0n) is 15.9. The number of rotatable bonds is 5. The second-order valence-electron chi connectivity index (χ2n) is 7.58. The SMILES string of the molecule is C[C@@H](OC[C@@H]1CCCCO1)C(=O)N1CCC(c2nc3ccccc3o2)CC1. The lowest BCUT2D eigenvalue weighted by atomic mass is 9.96. The minimum atomic E-state index is -0.420. The quantitative estimate of drug-likeness (QED) is 0.804. The number of aromatic nitrogens is 1. The van der Waals surface area contributed by atoms with Crippen molar-refractivity contribution in [2.24, 2.45) is 0 Å². The van der Waals surface area contributed by atoms with Crippen LogP contribution in [-0.2, 0) is 14.3 Å². The molecule has 4 rings (SSSR count). The summed E-state index contributed by atoms with van der Waals surface area (Å²) in [4.78, 5) is 19.2. The van der Waals surface area contributed by atoms with Gasteiger partial charge in [-0.1, -0.05) is 12.1 Å². The van der Waals surface area contributed by atoms with Gasteiger partial charge >= 0.3 is 0 Å². The Morgan fingerprint density at radius 3 is 2.81 bits per heavy atom. The standard InChI is InChI=1S/C21H28N2O4/c1-15(26-14-17-6-4-5-13-25-17)21(24)23-11-9-16(10-12-23)20-22-18-7-2-3-8-19(18)27-20/h2-3,7-8,15-17H,4-6,9-14H2,1H3/t15-,17+/m1/s1. The molecule has 2 fully saturated rings. The number of carbonyl (C=O) groups excluding carboxylic acids is 1. The van der Waals surface area contributed by atoms with Crippen molar-refractivity contribution in [3.8, 4) is 0 Å². The molecule has 0 aliphatic carbocycles. The number of carbonyl (C=O) groups is 1. The lowest BCUT2D eigenvalue weighted by molar-refractivity contribution is -0.147. The van der Waals surface area contributed by atoms with Crippen LogP contribution in [0.3, 0.4) is 0 Å². The van der Waals surface area contributed by atoms with E-state index in [-0.39, 0.29) is 17.9 Å². The summed E-state index contributed by atoms with van der Waals surface area (Å²) in [5.74, 6) is 1.14. The Labute approximate surface area is 159 Å². The number of benzene rings is 1. The maximum absolute atomic E-state index is 12.7. The first-order valence-corrected chi connectivity index (χ1v) is 10.1. The van der Waals surface area contributed by atoms with Gasteiger partial charge in [-0.05, 0) is 51.2 Å². The molecule has 0 radical (unpaired) electrons. The predicted molar refractivity (Wildman–Crippen MR) is 102 cm³/mol. The van der Waals surface area contributed by atoms with Crippen molar-refractivity contribution in [3.63, 3.8) is 0 Å². The largest absolute Gasteiger partial charge is 0.440 e. The highest BCUT2D eigenvalue weighted by atomic mass is 16.5. The molecule has 1 aromatic carbocycles. The zero-order chi connectivity index (χ0) is 18.6. The Kier molecular flexibility index (Phi) is 5.74. The first-order chi connectivity index (χ1) is 13.2. The van der Waals surface area contributed by atoms with Crippen molar-refractivity contribution in [2.75, 3.05) is 26.3 Å². The Hall–Kier alpha value is -1.92. The molecule has 0 spiro atoms. The molecule has 3 heterocycles. The van der Waals surface area contributed by atoms with E-state index >= 15 is 0 Å². The monoisotopic (exact) mass is 372 g/mol. The fraction of sp³-hybridized carbons (Fsp3) is 0.619.